The van der Waals surface area contributed by atoms with Crippen LogP contribution >= 0.6 is 0 Å². The molecule has 0 aliphatic rings. The van der Waals surface area contributed by atoms with Crippen molar-refractivity contribution >= 4 is 0 Å². The number of aromatic nitrogens is 2. The van der Waals surface area contributed by atoms with E-state index in [0.717, 1.165) is 10.7 Å². The first-order chi connectivity index (χ1) is 6.45. The van der Waals surface area contributed by atoms with E-state index in [2.05, 4.69) is 5.10 Å². The summed E-state index contributed by atoms with van der Waals surface area (Å²) in [7, 11) is 0. The fraction of sp³-hybridized carbons (Fsp3) is 0.500. The minimum absolute atomic E-state index is 0.138. The average Bonchev–Trinajstić information content (AvgIpc) is 2.51. The predicted molar refractivity (Wildman–Crippen MR) is 42.2 cm³/mol. The molecule has 0 amide bonds. The van der Waals surface area contributed by atoms with Gasteiger partial charge < -0.3 is 0 Å². The van der Waals surface area contributed by atoms with Crippen LogP contribution in [-0.2, 0) is 6.18 Å². The van der Waals surface area contributed by atoms with Crippen LogP contribution in [0.1, 0.15) is 25.1 Å². The van der Waals surface area contributed by atoms with Crippen LogP contribution in [0.3, 0.4) is 0 Å². The van der Waals surface area contributed by atoms with Gasteiger partial charge in [-0.25, -0.2) is 0 Å². The maximum Gasteiger partial charge on any atom is 0.435 e. The van der Waals surface area contributed by atoms with Gasteiger partial charge in [0.1, 0.15) is 0 Å². The highest BCUT2D eigenvalue weighted by molar-refractivity contribution is 5.04. The van der Waals surface area contributed by atoms with Crippen LogP contribution in [0.15, 0.2) is 12.3 Å². The Morgan fingerprint density at radius 3 is 2.71 bits per heavy atom. The zero-order valence-corrected chi connectivity index (χ0v) is 7.41. The van der Waals surface area contributed by atoms with E-state index in [1.807, 2.05) is 6.07 Å². The van der Waals surface area contributed by atoms with Crippen molar-refractivity contribution < 1.29 is 13.2 Å². The fourth-order valence-electron chi connectivity index (χ4n) is 0.960. The molecule has 0 saturated carbocycles. The second kappa shape index (κ2) is 3.70. The minimum Gasteiger partial charge on any atom is -0.268 e. The summed E-state index contributed by atoms with van der Waals surface area (Å²) in [5.74, 6) is 0. The molecular weight excluding hydrogens is 195 g/mol. The third kappa shape index (κ3) is 2.25. The molecule has 0 saturated heterocycles. The smallest absolute Gasteiger partial charge is 0.268 e. The zero-order chi connectivity index (χ0) is 10.8. The van der Waals surface area contributed by atoms with Crippen molar-refractivity contribution in [2.45, 2.75) is 25.6 Å². The average molecular weight is 203 g/mol. The maximum absolute atomic E-state index is 12.1. The van der Waals surface area contributed by atoms with E-state index in [4.69, 9.17) is 5.26 Å². The lowest BCUT2D eigenvalue weighted by atomic mass is 10.3. The van der Waals surface area contributed by atoms with Gasteiger partial charge >= 0.3 is 6.18 Å². The maximum atomic E-state index is 12.1. The number of hydrogen-bond donors (Lipinski definition) is 0. The zero-order valence-electron chi connectivity index (χ0n) is 7.41. The van der Waals surface area contributed by atoms with Crippen molar-refractivity contribution in [1.29, 1.82) is 5.26 Å². The molecule has 76 valence electrons. The molecule has 0 N–H and O–H groups in total. The first-order valence-electron chi connectivity index (χ1n) is 3.94. The molecule has 3 nitrogen and oxygen atoms in total. The van der Waals surface area contributed by atoms with E-state index in [-0.39, 0.29) is 12.5 Å². The van der Waals surface area contributed by atoms with E-state index < -0.39 is 11.9 Å². The molecule has 1 rings (SSSR count). The Hall–Kier alpha value is -1.51. The van der Waals surface area contributed by atoms with Crippen LogP contribution in [-0.4, -0.2) is 9.78 Å². The standard InChI is InChI=1S/C8H8F3N3/c1-6(2-4-12)14-5-3-7(13-14)8(9,10)11/h3,5-6H,2H2,1H3/t6-/m1/s1. The van der Waals surface area contributed by atoms with E-state index >= 15 is 0 Å². The number of halogens is 3. The van der Waals surface area contributed by atoms with E-state index in [1.165, 1.54) is 6.20 Å². The van der Waals surface area contributed by atoms with Gasteiger partial charge in [-0.2, -0.15) is 23.5 Å². The summed E-state index contributed by atoms with van der Waals surface area (Å²) in [5.41, 5.74) is -0.928. The van der Waals surface area contributed by atoms with Crippen molar-refractivity contribution in [2.75, 3.05) is 0 Å². The quantitative estimate of drug-likeness (QED) is 0.740. The van der Waals surface area contributed by atoms with E-state index in [9.17, 15) is 13.2 Å². The molecule has 0 unspecified atom stereocenters. The van der Waals surface area contributed by atoms with Gasteiger partial charge in [0, 0.05) is 6.20 Å². The van der Waals surface area contributed by atoms with Gasteiger partial charge in [-0.15, -0.1) is 0 Å². The predicted octanol–water partition coefficient (Wildman–Crippen LogP) is 2.38. The summed E-state index contributed by atoms with van der Waals surface area (Å²) in [6, 6.07) is 2.43. The van der Waals surface area contributed by atoms with Gasteiger partial charge in [0.2, 0.25) is 0 Å². The SMILES string of the molecule is C[C@H](CC#N)n1ccc(C(F)(F)F)n1. The number of nitriles is 1. The Labute approximate surface area is 78.8 Å². The summed E-state index contributed by atoms with van der Waals surface area (Å²) in [6.07, 6.45) is -3.05. The normalized spacial score (nSPS) is 13.6. The lowest BCUT2D eigenvalue weighted by molar-refractivity contribution is -0.141. The lowest BCUT2D eigenvalue weighted by Crippen LogP contribution is -2.10. The highest BCUT2D eigenvalue weighted by atomic mass is 19.4. The first kappa shape index (κ1) is 10.6. The second-order valence-electron chi connectivity index (χ2n) is 2.89. The van der Waals surface area contributed by atoms with Crippen LogP contribution in [0.5, 0.6) is 0 Å². The highest BCUT2D eigenvalue weighted by Gasteiger charge is 2.33. The fourth-order valence-corrected chi connectivity index (χ4v) is 0.960. The number of nitrogens with zero attached hydrogens (tertiary/aromatic N) is 3. The van der Waals surface area contributed by atoms with Gasteiger partial charge in [0.25, 0.3) is 0 Å². The van der Waals surface area contributed by atoms with E-state index in [1.54, 1.807) is 6.92 Å². The highest BCUT2D eigenvalue weighted by Crippen LogP contribution is 2.27. The molecule has 0 aliphatic heterocycles. The summed E-state index contributed by atoms with van der Waals surface area (Å²) >= 11 is 0. The summed E-state index contributed by atoms with van der Waals surface area (Å²) < 4.78 is 37.5. The molecule has 0 aliphatic carbocycles. The molecule has 1 aromatic heterocycles. The molecule has 14 heavy (non-hydrogen) atoms. The van der Waals surface area contributed by atoms with Crippen molar-refractivity contribution in [3.8, 4) is 6.07 Å². The van der Waals surface area contributed by atoms with Gasteiger partial charge in [0.05, 0.1) is 18.5 Å². The lowest BCUT2D eigenvalue weighted by Gasteiger charge is -2.07. The molecule has 0 bridgehead atoms. The Morgan fingerprint density at radius 1 is 1.64 bits per heavy atom. The van der Waals surface area contributed by atoms with Gasteiger partial charge in [-0.1, -0.05) is 0 Å². The van der Waals surface area contributed by atoms with Gasteiger partial charge in [0.15, 0.2) is 5.69 Å². The van der Waals surface area contributed by atoms with Crippen molar-refractivity contribution in [3.63, 3.8) is 0 Å². The van der Waals surface area contributed by atoms with Crippen LogP contribution < -0.4 is 0 Å². The Bertz CT molecular complexity index is 347. The van der Waals surface area contributed by atoms with Gasteiger partial charge in [-0.05, 0) is 13.0 Å². The van der Waals surface area contributed by atoms with Gasteiger partial charge in [-0.3, -0.25) is 4.68 Å². The molecule has 0 aromatic carbocycles. The Morgan fingerprint density at radius 2 is 2.29 bits per heavy atom. The molecule has 1 heterocycles. The minimum atomic E-state index is -4.42. The Balaban J connectivity index is 2.84. The number of alkyl halides is 3. The first-order valence-corrected chi connectivity index (χ1v) is 3.94. The van der Waals surface area contributed by atoms with Crippen LogP contribution in [0.2, 0.25) is 0 Å². The van der Waals surface area contributed by atoms with Crippen LogP contribution in [0, 0.1) is 11.3 Å². The number of hydrogen-bond acceptors (Lipinski definition) is 2. The monoisotopic (exact) mass is 203 g/mol. The molecule has 0 fully saturated rings. The summed E-state index contributed by atoms with van der Waals surface area (Å²) in [6.45, 7) is 1.64. The largest absolute Gasteiger partial charge is 0.435 e. The second-order valence-corrected chi connectivity index (χ2v) is 2.89. The van der Waals surface area contributed by atoms with E-state index in [0.29, 0.717) is 0 Å². The van der Waals surface area contributed by atoms with Crippen LogP contribution in [0.4, 0.5) is 13.2 Å². The van der Waals surface area contributed by atoms with Crippen LogP contribution in [0.25, 0.3) is 0 Å². The molecule has 1 aromatic rings. The Kier molecular flexibility index (Phi) is 2.79. The van der Waals surface area contributed by atoms with Crippen molar-refractivity contribution in [1.82, 2.24) is 9.78 Å². The molecule has 0 spiro atoms. The molecule has 1 atom stereocenters. The third-order valence-electron chi connectivity index (χ3n) is 1.74. The van der Waals surface area contributed by atoms with Crippen molar-refractivity contribution in [2.24, 2.45) is 0 Å². The summed E-state index contributed by atoms with van der Waals surface area (Å²) in [4.78, 5) is 0. The molecule has 0 radical (unpaired) electrons. The topological polar surface area (TPSA) is 41.6 Å². The third-order valence-corrected chi connectivity index (χ3v) is 1.74. The molecule has 6 heteroatoms. The molecular formula is C8H8F3N3. The summed E-state index contributed by atoms with van der Waals surface area (Å²) in [5, 5.41) is 11.7. The van der Waals surface area contributed by atoms with Crippen molar-refractivity contribution in [3.05, 3.63) is 18.0 Å². The number of rotatable bonds is 2.